The summed E-state index contributed by atoms with van der Waals surface area (Å²) in [6, 6.07) is 4.01. The van der Waals surface area contributed by atoms with Crippen LogP contribution in [0.3, 0.4) is 0 Å². The van der Waals surface area contributed by atoms with Crippen molar-refractivity contribution >= 4 is 21.4 Å². The van der Waals surface area contributed by atoms with Crippen LogP contribution in [0.15, 0.2) is 16.3 Å². The van der Waals surface area contributed by atoms with Gasteiger partial charge in [0.1, 0.15) is 4.21 Å². The zero-order valence-corrected chi connectivity index (χ0v) is 14.0. The molecule has 2 rings (SSSR count). The number of rotatable bonds is 7. The molecule has 20 heavy (non-hydrogen) atoms. The van der Waals surface area contributed by atoms with E-state index in [1.165, 1.54) is 11.3 Å². The molecular formula is C14H24N2O2S2. The first-order chi connectivity index (χ1) is 9.37. The first-order valence-electron chi connectivity index (χ1n) is 7.23. The molecule has 1 aromatic heterocycles. The summed E-state index contributed by atoms with van der Waals surface area (Å²) in [5, 5.41) is 3.30. The van der Waals surface area contributed by atoms with Gasteiger partial charge in [-0.25, -0.2) is 13.1 Å². The minimum absolute atomic E-state index is 0.195. The Labute approximate surface area is 126 Å². The Bertz CT molecular complexity index is 540. The highest BCUT2D eigenvalue weighted by Gasteiger charge is 2.39. The molecule has 114 valence electrons. The Hall–Kier alpha value is -0.430. The average Bonchev–Trinajstić information content (AvgIpc) is 2.81. The fourth-order valence-electron chi connectivity index (χ4n) is 2.37. The first-order valence-corrected chi connectivity index (χ1v) is 9.53. The van der Waals surface area contributed by atoms with Crippen molar-refractivity contribution in [2.24, 2.45) is 0 Å². The molecule has 1 fully saturated rings. The molecule has 0 amide bonds. The van der Waals surface area contributed by atoms with Gasteiger partial charge >= 0.3 is 0 Å². The Morgan fingerprint density at radius 3 is 2.55 bits per heavy atom. The summed E-state index contributed by atoms with van der Waals surface area (Å²) in [6.45, 7) is 6.92. The van der Waals surface area contributed by atoms with Gasteiger partial charge in [0.15, 0.2) is 0 Å². The molecule has 0 aromatic carbocycles. The molecule has 2 N–H and O–H groups in total. The molecule has 0 aliphatic heterocycles. The maximum atomic E-state index is 12.4. The van der Waals surface area contributed by atoms with Gasteiger partial charge in [-0.3, -0.25) is 0 Å². The Balaban J connectivity index is 2.06. The largest absolute Gasteiger partial charge is 0.310 e. The van der Waals surface area contributed by atoms with Gasteiger partial charge in [-0.15, -0.1) is 11.3 Å². The predicted molar refractivity (Wildman–Crippen MR) is 83.5 cm³/mol. The molecule has 1 aromatic rings. The number of sulfonamides is 1. The van der Waals surface area contributed by atoms with Crippen molar-refractivity contribution in [3.05, 3.63) is 17.0 Å². The maximum absolute atomic E-state index is 12.4. The van der Waals surface area contributed by atoms with E-state index in [-0.39, 0.29) is 5.54 Å². The molecule has 0 unspecified atom stereocenters. The summed E-state index contributed by atoms with van der Waals surface area (Å²) in [7, 11) is -3.37. The van der Waals surface area contributed by atoms with Crippen LogP contribution in [0.1, 0.15) is 51.3 Å². The minimum atomic E-state index is -3.37. The van der Waals surface area contributed by atoms with Crippen LogP contribution < -0.4 is 10.0 Å². The molecule has 6 heteroatoms. The SMILES string of the molecule is CCC1(NS(=O)(=O)c2ccc(CNC(C)C)s2)CCC1. The normalized spacial score (nSPS) is 18.2. The Morgan fingerprint density at radius 2 is 2.05 bits per heavy atom. The molecule has 0 saturated heterocycles. The van der Waals surface area contributed by atoms with Gasteiger partial charge in [0.05, 0.1) is 0 Å². The van der Waals surface area contributed by atoms with Crippen LogP contribution in [0.25, 0.3) is 0 Å². The van der Waals surface area contributed by atoms with Crippen molar-refractivity contribution in [3.63, 3.8) is 0 Å². The molecule has 0 spiro atoms. The third kappa shape index (κ3) is 3.61. The lowest BCUT2D eigenvalue weighted by Gasteiger charge is -2.41. The number of hydrogen-bond donors (Lipinski definition) is 2. The van der Waals surface area contributed by atoms with E-state index >= 15 is 0 Å². The average molecular weight is 316 g/mol. The van der Waals surface area contributed by atoms with Crippen molar-refractivity contribution in [3.8, 4) is 0 Å². The lowest BCUT2D eigenvalue weighted by atomic mass is 9.76. The quantitative estimate of drug-likeness (QED) is 0.813. The second-order valence-electron chi connectivity index (χ2n) is 5.85. The summed E-state index contributed by atoms with van der Waals surface area (Å²) in [5.74, 6) is 0. The standard InChI is InChI=1S/C14H24N2O2S2/c1-4-14(8-5-9-14)16-20(17,18)13-7-6-12(19-13)10-15-11(2)3/h6-7,11,15-16H,4-5,8-10H2,1-3H3. The summed E-state index contributed by atoms with van der Waals surface area (Å²) >= 11 is 1.35. The van der Waals surface area contributed by atoms with E-state index in [0.717, 1.165) is 37.1 Å². The van der Waals surface area contributed by atoms with Crippen LogP contribution >= 0.6 is 11.3 Å². The van der Waals surface area contributed by atoms with Gasteiger partial charge < -0.3 is 5.32 Å². The van der Waals surface area contributed by atoms with Crippen LogP contribution in [0.5, 0.6) is 0 Å². The van der Waals surface area contributed by atoms with Gasteiger partial charge in [0.2, 0.25) is 0 Å². The molecule has 4 nitrogen and oxygen atoms in total. The second kappa shape index (κ2) is 6.13. The molecule has 1 saturated carbocycles. The molecule has 1 heterocycles. The fourth-order valence-corrected chi connectivity index (χ4v) is 5.21. The zero-order valence-electron chi connectivity index (χ0n) is 12.4. The van der Waals surface area contributed by atoms with Crippen LogP contribution in [-0.2, 0) is 16.6 Å². The maximum Gasteiger partial charge on any atom is 0.250 e. The molecule has 1 aliphatic rings. The second-order valence-corrected chi connectivity index (χ2v) is 8.93. The molecule has 1 aliphatic carbocycles. The first kappa shape index (κ1) is 15.9. The molecule has 0 radical (unpaired) electrons. The van der Waals surface area contributed by atoms with Crippen molar-refractivity contribution in [2.45, 2.75) is 68.8 Å². The Morgan fingerprint density at radius 1 is 1.35 bits per heavy atom. The van der Waals surface area contributed by atoms with Gasteiger partial charge in [-0.05, 0) is 37.8 Å². The highest BCUT2D eigenvalue weighted by Crippen LogP contribution is 2.36. The monoisotopic (exact) mass is 316 g/mol. The number of hydrogen-bond acceptors (Lipinski definition) is 4. The minimum Gasteiger partial charge on any atom is -0.310 e. The van der Waals surface area contributed by atoms with E-state index in [0.29, 0.717) is 10.3 Å². The lowest BCUT2D eigenvalue weighted by molar-refractivity contribution is 0.214. The van der Waals surface area contributed by atoms with Crippen LogP contribution in [0.2, 0.25) is 0 Å². The summed E-state index contributed by atoms with van der Waals surface area (Å²) < 4.78 is 28.2. The van der Waals surface area contributed by atoms with E-state index in [9.17, 15) is 8.42 Å². The fraction of sp³-hybridized carbons (Fsp3) is 0.714. The predicted octanol–water partition coefficient (Wildman–Crippen LogP) is 2.86. The van der Waals surface area contributed by atoms with Crippen LogP contribution in [0, 0.1) is 0 Å². The van der Waals surface area contributed by atoms with E-state index in [4.69, 9.17) is 0 Å². The van der Waals surface area contributed by atoms with Gasteiger partial charge in [-0.1, -0.05) is 20.8 Å². The summed E-state index contributed by atoms with van der Waals surface area (Å²) in [4.78, 5) is 1.05. The van der Waals surface area contributed by atoms with Gasteiger partial charge in [0, 0.05) is 23.0 Å². The molecular weight excluding hydrogens is 292 g/mol. The number of thiophene rings is 1. The summed E-state index contributed by atoms with van der Waals surface area (Å²) in [5.41, 5.74) is -0.195. The van der Waals surface area contributed by atoms with E-state index in [2.05, 4.69) is 23.9 Å². The lowest BCUT2D eigenvalue weighted by Crippen LogP contribution is -2.52. The highest BCUT2D eigenvalue weighted by atomic mass is 32.2. The topological polar surface area (TPSA) is 58.2 Å². The molecule has 0 atom stereocenters. The zero-order chi connectivity index (χ0) is 14.8. The smallest absolute Gasteiger partial charge is 0.250 e. The Kier molecular flexibility index (Phi) is 4.89. The number of nitrogens with one attached hydrogen (secondary N) is 2. The van der Waals surface area contributed by atoms with Crippen molar-refractivity contribution in [2.75, 3.05) is 0 Å². The van der Waals surface area contributed by atoms with E-state index < -0.39 is 10.0 Å². The van der Waals surface area contributed by atoms with Crippen LogP contribution in [0.4, 0.5) is 0 Å². The van der Waals surface area contributed by atoms with Crippen molar-refractivity contribution in [1.29, 1.82) is 0 Å². The molecule has 0 bridgehead atoms. The highest BCUT2D eigenvalue weighted by molar-refractivity contribution is 7.91. The van der Waals surface area contributed by atoms with Crippen LogP contribution in [-0.4, -0.2) is 20.0 Å². The van der Waals surface area contributed by atoms with Crippen molar-refractivity contribution in [1.82, 2.24) is 10.0 Å². The van der Waals surface area contributed by atoms with Crippen molar-refractivity contribution < 1.29 is 8.42 Å². The van der Waals surface area contributed by atoms with E-state index in [1.807, 2.05) is 13.0 Å². The third-order valence-electron chi connectivity index (χ3n) is 3.92. The summed E-state index contributed by atoms with van der Waals surface area (Å²) in [6.07, 6.45) is 3.88. The van der Waals surface area contributed by atoms with Gasteiger partial charge in [-0.2, -0.15) is 0 Å². The van der Waals surface area contributed by atoms with E-state index in [1.54, 1.807) is 6.07 Å². The van der Waals surface area contributed by atoms with Gasteiger partial charge in [0.25, 0.3) is 10.0 Å². The third-order valence-corrected chi connectivity index (χ3v) is 7.08.